The Morgan fingerprint density at radius 2 is 0.775 bits per heavy atom. The van der Waals surface area contributed by atoms with E-state index in [2.05, 4.69) is 122 Å². The van der Waals surface area contributed by atoms with Gasteiger partial charge in [0.25, 0.3) is 0 Å². The minimum atomic E-state index is -1.99. The number of unbranched alkanes of at least 4 members (excludes halogenated alkanes) is 14. The van der Waals surface area contributed by atoms with Crippen LogP contribution in [0.25, 0.3) is 0 Å². The smallest absolute Gasteiger partial charge is 0.220 e. The zero-order valence-corrected chi connectivity index (χ0v) is 53.4. The molecule has 17 unspecified atom stereocenters. The third-order valence-electron chi connectivity index (χ3n) is 15.8. The average molecular weight is 1260 g/mol. The third-order valence-corrected chi connectivity index (χ3v) is 15.8. The average Bonchev–Trinajstić information content (AvgIpc) is 2.42. The molecule has 3 fully saturated rings. The summed E-state index contributed by atoms with van der Waals surface area (Å²) >= 11 is 0. The molecule has 19 nitrogen and oxygen atoms in total. The van der Waals surface area contributed by atoms with Crippen molar-refractivity contribution in [2.45, 2.75) is 285 Å². The van der Waals surface area contributed by atoms with Crippen molar-refractivity contribution >= 4 is 5.91 Å². The molecule has 89 heavy (non-hydrogen) atoms. The van der Waals surface area contributed by atoms with Gasteiger partial charge in [-0.2, -0.15) is 0 Å². The summed E-state index contributed by atoms with van der Waals surface area (Å²) in [4.78, 5) is 13.4. The number of nitrogens with one attached hydrogen (secondary N) is 1. The molecule has 3 rings (SSSR count). The topological polar surface area (TPSA) is 307 Å². The highest BCUT2D eigenvalue weighted by Crippen LogP contribution is 2.33. The van der Waals surface area contributed by atoms with Crippen molar-refractivity contribution in [3.63, 3.8) is 0 Å². The van der Waals surface area contributed by atoms with Crippen LogP contribution in [0.4, 0.5) is 0 Å². The van der Waals surface area contributed by atoms with Gasteiger partial charge in [0, 0.05) is 6.42 Å². The van der Waals surface area contributed by atoms with Crippen molar-refractivity contribution in [2.24, 2.45) is 0 Å². The van der Waals surface area contributed by atoms with Crippen molar-refractivity contribution in [1.29, 1.82) is 0 Å². The lowest BCUT2D eigenvalue weighted by molar-refractivity contribution is -0.379. The van der Waals surface area contributed by atoms with Crippen molar-refractivity contribution < 1.29 is 89.4 Å². The first kappa shape index (κ1) is 79.4. The van der Waals surface area contributed by atoms with Gasteiger partial charge in [-0.25, -0.2) is 0 Å². The highest BCUT2D eigenvalue weighted by molar-refractivity contribution is 5.76. The van der Waals surface area contributed by atoms with Gasteiger partial charge in [-0.1, -0.05) is 212 Å². The SMILES string of the molecule is CC/C=C\C/C=C\C/C=C\C/C=C\C/C=C\C/C=C\C/C=C\C/C=C\C/C=C\CCCC(=O)NC(COC1OC(CO)C(OC2OC(CO)C(OC3OC(CO)C(O)C(O)C3O)C(O)C2O)C(O)C1O)C(O)/C=C/CCCCCCCCCCCCCCC. The molecular weight excluding hydrogens is 1140 g/mol. The summed E-state index contributed by atoms with van der Waals surface area (Å²) in [7, 11) is 0. The maximum atomic E-state index is 13.4. The van der Waals surface area contributed by atoms with Crippen LogP contribution in [0, 0.1) is 0 Å². The monoisotopic (exact) mass is 1260 g/mol. The van der Waals surface area contributed by atoms with Crippen LogP contribution in [0.15, 0.2) is 122 Å². The lowest BCUT2D eigenvalue weighted by Crippen LogP contribution is -2.66. The fourth-order valence-corrected chi connectivity index (χ4v) is 10.4. The Hall–Kier alpha value is -3.81. The second-order valence-corrected chi connectivity index (χ2v) is 23.2. The summed E-state index contributed by atoms with van der Waals surface area (Å²) in [6.45, 7) is 1.55. The Bertz CT molecular complexity index is 2090. The quantitative estimate of drug-likeness (QED) is 0.0203. The van der Waals surface area contributed by atoms with Crippen molar-refractivity contribution in [1.82, 2.24) is 5.32 Å². The highest BCUT2D eigenvalue weighted by atomic mass is 16.8. The van der Waals surface area contributed by atoms with E-state index in [1.807, 2.05) is 12.2 Å². The molecule has 3 saturated heterocycles. The summed E-state index contributed by atoms with van der Waals surface area (Å²) < 4.78 is 34.3. The van der Waals surface area contributed by atoms with Crippen LogP contribution in [-0.2, 0) is 33.2 Å². The van der Waals surface area contributed by atoms with Gasteiger partial charge < -0.3 is 89.9 Å². The van der Waals surface area contributed by atoms with Gasteiger partial charge >= 0.3 is 0 Å². The Labute approximate surface area is 531 Å². The van der Waals surface area contributed by atoms with E-state index in [1.165, 1.54) is 64.2 Å². The van der Waals surface area contributed by atoms with Crippen LogP contribution in [0.3, 0.4) is 0 Å². The maximum Gasteiger partial charge on any atom is 0.220 e. The molecule has 3 heterocycles. The van der Waals surface area contributed by atoms with Crippen molar-refractivity contribution in [2.75, 3.05) is 26.4 Å². The Kier molecular flexibility index (Phi) is 45.3. The molecule has 0 aromatic carbocycles. The molecule has 0 radical (unpaired) electrons. The zero-order valence-electron chi connectivity index (χ0n) is 53.4. The number of rotatable bonds is 48. The van der Waals surface area contributed by atoms with E-state index in [9.17, 15) is 61.0 Å². The fourth-order valence-electron chi connectivity index (χ4n) is 10.4. The minimum Gasteiger partial charge on any atom is -0.394 e. The van der Waals surface area contributed by atoms with E-state index in [-0.39, 0.29) is 18.9 Å². The number of hydrogen-bond donors (Lipinski definition) is 12. The second-order valence-electron chi connectivity index (χ2n) is 23.2. The number of ether oxygens (including phenoxy) is 6. The number of aliphatic hydroxyl groups is 11. The van der Waals surface area contributed by atoms with Gasteiger partial charge in [-0.15, -0.1) is 0 Å². The molecule has 0 spiro atoms. The standard InChI is InChI=1S/C70H115NO18/c1-3-5-7-9-11-13-15-17-19-20-21-22-23-24-25-26-27-28-29-30-31-32-34-36-38-40-42-44-46-48-58(76)71-53(54(75)47-45-43-41-39-37-35-33-18-16-14-12-10-8-6-4-2)52-84-68-64(82)61(79)66(56(50-73)86-68)89-70-65(83)62(80)67(57(51-74)87-70)88-69-63(81)60(78)59(77)55(49-72)85-69/h5,7,11,13,17,19,21-22,24-25,27-28,30-31,34,36,40,42,45,47,53-57,59-70,72-75,77-83H,3-4,6,8-10,12,14-16,18,20,23,26,29,32-33,35,37-39,41,43-44,46,48-52H2,1-2H3,(H,71,76)/b7-5-,13-11-,19-17-,22-21-,25-24-,28-27-,31-30-,36-34-,42-40-,47-45+. The van der Waals surface area contributed by atoms with E-state index in [1.54, 1.807) is 6.08 Å². The van der Waals surface area contributed by atoms with E-state index in [4.69, 9.17) is 28.4 Å². The largest absolute Gasteiger partial charge is 0.394 e. The highest BCUT2D eigenvalue weighted by Gasteiger charge is 2.53. The van der Waals surface area contributed by atoms with Crippen LogP contribution < -0.4 is 5.32 Å². The molecule has 0 aromatic heterocycles. The molecule has 3 aliphatic heterocycles. The van der Waals surface area contributed by atoms with Crippen LogP contribution >= 0.6 is 0 Å². The van der Waals surface area contributed by atoms with Gasteiger partial charge in [0.1, 0.15) is 73.2 Å². The molecule has 0 aromatic rings. The summed E-state index contributed by atoms with van der Waals surface area (Å²) in [5.74, 6) is -0.339. The Balaban J connectivity index is 1.47. The van der Waals surface area contributed by atoms with E-state index in [0.717, 1.165) is 83.5 Å². The van der Waals surface area contributed by atoms with Gasteiger partial charge in [-0.05, 0) is 83.5 Å². The predicted octanol–water partition coefficient (Wildman–Crippen LogP) is 8.04. The van der Waals surface area contributed by atoms with Gasteiger partial charge in [-0.3, -0.25) is 4.79 Å². The molecule has 0 aliphatic carbocycles. The number of allylic oxidation sites excluding steroid dienone is 19. The first-order chi connectivity index (χ1) is 43.3. The zero-order chi connectivity index (χ0) is 64.7. The molecule has 508 valence electrons. The van der Waals surface area contributed by atoms with E-state index in [0.29, 0.717) is 12.8 Å². The maximum absolute atomic E-state index is 13.4. The van der Waals surface area contributed by atoms with Crippen LogP contribution in [0.5, 0.6) is 0 Å². The summed E-state index contributed by atoms with van der Waals surface area (Å²) in [5.41, 5.74) is 0. The first-order valence-electron chi connectivity index (χ1n) is 33.3. The summed E-state index contributed by atoms with van der Waals surface area (Å²) in [5, 5.41) is 120. The lowest BCUT2D eigenvalue weighted by atomic mass is 9.96. The van der Waals surface area contributed by atoms with E-state index >= 15 is 0 Å². The van der Waals surface area contributed by atoms with Crippen molar-refractivity contribution in [3.05, 3.63) is 122 Å². The molecule has 3 aliphatic rings. The second kappa shape index (κ2) is 50.7. The van der Waals surface area contributed by atoms with Crippen molar-refractivity contribution in [3.8, 4) is 0 Å². The third kappa shape index (κ3) is 33.0. The molecule has 12 N–H and O–H groups in total. The van der Waals surface area contributed by atoms with E-state index < -0.39 is 124 Å². The summed E-state index contributed by atoms with van der Waals surface area (Å²) in [6, 6.07) is -1.01. The van der Waals surface area contributed by atoms with Crippen LogP contribution in [0.1, 0.15) is 181 Å². The lowest BCUT2D eigenvalue weighted by Gasteiger charge is -2.48. The molecule has 0 saturated carbocycles. The van der Waals surface area contributed by atoms with Crippen LogP contribution in [0.2, 0.25) is 0 Å². The predicted molar refractivity (Wildman–Crippen MR) is 346 cm³/mol. The molecule has 1 amide bonds. The molecule has 0 bridgehead atoms. The molecule has 19 heteroatoms. The number of aliphatic hydroxyl groups excluding tert-OH is 11. The number of carbonyl (C=O) groups is 1. The number of amides is 1. The minimum absolute atomic E-state index is 0.155. The van der Waals surface area contributed by atoms with Gasteiger partial charge in [0.15, 0.2) is 18.9 Å². The van der Waals surface area contributed by atoms with Gasteiger partial charge in [0.2, 0.25) is 5.91 Å². The van der Waals surface area contributed by atoms with Crippen LogP contribution in [-0.4, -0.2) is 193 Å². The summed E-state index contributed by atoms with van der Waals surface area (Å²) in [6.07, 6.45) is 41.8. The van der Waals surface area contributed by atoms with Gasteiger partial charge in [0.05, 0.1) is 38.6 Å². The molecular formula is C70H115NO18. The fraction of sp³-hybridized carbons (Fsp3) is 0.700. The first-order valence-corrected chi connectivity index (χ1v) is 33.3. The number of carbonyl (C=O) groups excluding carboxylic acids is 1. The normalized spacial score (nSPS) is 29.0. The Morgan fingerprint density at radius 3 is 1.20 bits per heavy atom. The molecule has 17 atom stereocenters. The Morgan fingerprint density at radius 1 is 0.416 bits per heavy atom. The number of hydrogen-bond acceptors (Lipinski definition) is 18.